The first-order valence-corrected chi connectivity index (χ1v) is 11.7. The Morgan fingerprint density at radius 3 is 2.53 bits per heavy atom. The van der Waals surface area contributed by atoms with Crippen LogP contribution < -0.4 is 34.7 Å². The van der Waals surface area contributed by atoms with Crippen LogP contribution in [0, 0.1) is 46.3 Å². The summed E-state index contributed by atoms with van der Waals surface area (Å²) < 4.78 is 0. The Hall–Kier alpha value is 0.0600. The monoisotopic (exact) mass is 428 g/mol. The summed E-state index contributed by atoms with van der Waals surface area (Å²) in [4.78, 5) is 24.3. The number of carbonyl (C=O) groups excluding carboxylic acids is 2. The number of aliphatic hydroxyl groups is 2. The van der Waals surface area contributed by atoms with Crippen molar-refractivity contribution < 1.29 is 54.5 Å². The normalized spacial score (nSPS) is 48.7. The molecule has 2 N–H and O–H groups in total. The van der Waals surface area contributed by atoms with Gasteiger partial charge in [-0.1, -0.05) is 20.8 Å². The number of rotatable bonds is 4. The average molecular weight is 429 g/mol. The van der Waals surface area contributed by atoms with Crippen LogP contribution >= 0.6 is 0 Å². The zero-order chi connectivity index (χ0) is 21.1. The molecule has 0 bridgehead atoms. The van der Waals surface area contributed by atoms with E-state index in [0.717, 1.165) is 25.7 Å². The predicted molar refractivity (Wildman–Crippen MR) is 106 cm³/mol. The van der Waals surface area contributed by atoms with Crippen molar-refractivity contribution in [2.45, 2.75) is 90.8 Å². The summed E-state index contributed by atoms with van der Waals surface area (Å²) >= 11 is 0. The quantitative estimate of drug-likeness (QED) is 0.579. The Morgan fingerprint density at radius 1 is 1.17 bits per heavy atom. The van der Waals surface area contributed by atoms with Crippen LogP contribution in [0.3, 0.4) is 0 Å². The van der Waals surface area contributed by atoms with Gasteiger partial charge in [0.05, 0.1) is 12.2 Å². The van der Waals surface area contributed by atoms with E-state index in [9.17, 15) is 24.9 Å². The molecule has 3 unspecified atom stereocenters. The maximum Gasteiger partial charge on any atom is 1.00 e. The molecular formula is C24H37NaO5. The Kier molecular flexibility index (Phi) is 7.23. The van der Waals surface area contributed by atoms with Crippen LogP contribution in [0.1, 0.15) is 78.6 Å². The van der Waals surface area contributed by atoms with Crippen LogP contribution in [0.15, 0.2) is 0 Å². The fraction of sp³-hybridized carbons (Fsp3) is 0.917. The SMILES string of the molecule is C[C@H](CCC(=O)[O-])[C@H]1CC[C@H]2[C@@H]3C(=O)CC4CC(O)CC[C@]4(C)[C@H]3CC(O)[C@]12C.[Na+]. The number of hydrogen-bond donors (Lipinski definition) is 2. The number of carbonyl (C=O) groups is 2. The summed E-state index contributed by atoms with van der Waals surface area (Å²) in [6.07, 6.45) is 5.47. The molecule has 0 spiro atoms. The Labute approximate surface area is 202 Å². The third-order valence-electron chi connectivity index (χ3n) is 10.1. The van der Waals surface area contributed by atoms with Gasteiger partial charge in [0.2, 0.25) is 0 Å². The zero-order valence-corrected chi connectivity index (χ0v) is 21.1. The second-order valence-electron chi connectivity index (χ2n) is 11.2. The standard InChI is InChI=1S/C24H38O5.Na/c1-13(4-7-21(28)29)16-5-6-17-22-18(12-20(27)24(16,17)3)23(2)9-8-15(25)10-14(23)11-19(22)26;/h13-18,20,22,25,27H,4-12H2,1-3H3,(H,28,29);/q;+1/p-1/t13-,14?,15?,16-,17+,18+,20?,22+,23+,24-;/m1./s1. The first-order valence-electron chi connectivity index (χ1n) is 11.7. The van der Waals surface area contributed by atoms with Crippen LogP contribution in [0.5, 0.6) is 0 Å². The molecule has 6 heteroatoms. The van der Waals surface area contributed by atoms with Crippen LogP contribution in [-0.2, 0) is 9.59 Å². The third kappa shape index (κ3) is 3.75. The minimum atomic E-state index is -1.01. The molecule has 0 aromatic heterocycles. The third-order valence-corrected chi connectivity index (χ3v) is 10.1. The van der Waals surface area contributed by atoms with Gasteiger partial charge in [-0.15, -0.1) is 0 Å². The molecule has 0 aromatic carbocycles. The van der Waals surface area contributed by atoms with Crippen molar-refractivity contribution >= 4 is 11.8 Å². The topological polar surface area (TPSA) is 97.7 Å². The van der Waals surface area contributed by atoms with Crippen molar-refractivity contribution in [3.8, 4) is 0 Å². The fourth-order valence-corrected chi connectivity index (χ4v) is 8.39. The van der Waals surface area contributed by atoms with Crippen molar-refractivity contribution in [1.82, 2.24) is 0 Å². The van der Waals surface area contributed by atoms with Gasteiger partial charge in [-0.05, 0) is 86.4 Å². The van der Waals surface area contributed by atoms with E-state index < -0.39 is 12.1 Å². The molecule has 10 atom stereocenters. The molecule has 0 heterocycles. The van der Waals surface area contributed by atoms with Crippen molar-refractivity contribution in [1.29, 1.82) is 0 Å². The van der Waals surface area contributed by atoms with Crippen LogP contribution in [-0.4, -0.2) is 34.2 Å². The second-order valence-corrected chi connectivity index (χ2v) is 11.2. The number of fused-ring (bicyclic) bond motifs is 5. The molecular weight excluding hydrogens is 391 g/mol. The number of carboxylic acid groups (broad SMARTS) is 1. The molecule has 5 nitrogen and oxygen atoms in total. The molecule has 4 saturated carbocycles. The summed E-state index contributed by atoms with van der Waals surface area (Å²) in [7, 11) is 0. The minimum Gasteiger partial charge on any atom is -0.550 e. The van der Waals surface area contributed by atoms with Crippen molar-refractivity contribution in [3.63, 3.8) is 0 Å². The molecule has 4 rings (SSSR count). The number of aliphatic hydroxyl groups excluding tert-OH is 2. The van der Waals surface area contributed by atoms with Gasteiger partial charge < -0.3 is 20.1 Å². The van der Waals surface area contributed by atoms with Crippen molar-refractivity contribution in [3.05, 3.63) is 0 Å². The number of ketones is 1. The average Bonchev–Trinajstić information content (AvgIpc) is 3.01. The van der Waals surface area contributed by atoms with E-state index in [-0.39, 0.29) is 88.4 Å². The van der Waals surface area contributed by atoms with Gasteiger partial charge in [-0.3, -0.25) is 4.79 Å². The number of Topliss-reactive ketones (excluding diaryl/α,β-unsaturated/α-hetero) is 1. The Balaban J connectivity index is 0.00000256. The molecule has 164 valence electrons. The zero-order valence-electron chi connectivity index (χ0n) is 19.1. The minimum absolute atomic E-state index is 0. The largest absolute Gasteiger partial charge is 1.00 e. The molecule has 0 radical (unpaired) electrons. The molecule has 4 fully saturated rings. The van der Waals surface area contributed by atoms with Gasteiger partial charge >= 0.3 is 29.6 Å². The van der Waals surface area contributed by atoms with Gasteiger partial charge in [0.25, 0.3) is 0 Å². The Morgan fingerprint density at radius 2 is 1.87 bits per heavy atom. The van der Waals surface area contributed by atoms with E-state index >= 15 is 0 Å². The summed E-state index contributed by atoms with van der Waals surface area (Å²) in [5, 5.41) is 32.5. The van der Waals surface area contributed by atoms with Crippen LogP contribution in [0.4, 0.5) is 0 Å². The van der Waals surface area contributed by atoms with E-state index in [2.05, 4.69) is 20.8 Å². The van der Waals surface area contributed by atoms with E-state index in [1.54, 1.807) is 0 Å². The molecule has 30 heavy (non-hydrogen) atoms. The molecule has 0 saturated heterocycles. The maximum atomic E-state index is 13.4. The smallest absolute Gasteiger partial charge is 0.550 e. The summed E-state index contributed by atoms with van der Waals surface area (Å²) in [6, 6.07) is 0. The first-order chi connectivity index (χ1) is 13.6. The van der Waals surface area contributed by atoms with Gasteiger partial charge in [-0.25, -0.2) is 0 Å². The Bertz CT molecular complexity index is 683. The first kappa shape index (κ1) is 24.7. The van der Waals surface area contributed by atoms with Crippen LogP contribution in [0.2, 0.25) is 0 Å². The summed E-state index contributed by atoms with van der Waals surface area (Å²) in [5.74, 6) is 0.402. The van der Waals surface area contributed by atoms with E-state index in [0.29, 0.717) is 31.5 Å². The molecule has 0 aromatic rings. The van der Waals surface area contributed by atoms with Crippen molar-refractivity contribution in [2.75, 3.05) is 0 Å². The van der Waals surface area contributed by atoms with Gasteiger partial charge in [0.15, 0.2) is 0 Å². The predicted octanol–water partition coefficient (Wildman–Crippen LogP) is -0.674. The maximum absolute atomic E-state index is 13.4. The van der Waals surface area contributed by atoms with Gasteiger partial charge in [0, 0.05) is 23.7 Å². The van der Waals surface area contributed by atoms with E-state index in [1.165, 1.54) is 0 Å². The van der Waals surface area contributed by atoms with E-state index in [1.807, 2.05) is 0 Å². The van der Waals surface area contributed by atoms with E-state index in [4.69, 9.17) is 0 Å². The van der Waals surface area contributed by atoms with Crippen molar-refractivity contribution in [2.24, 2.45) is 46.3 Å². The van der Waals surface area contributed by atoms with Gasteiger partial charge in [-0.2, -0.15) is 0 Å². The molecule has 4 aliphatic carbocycles. The van der Waals surface area contributed by atoms with Gasteiger partial charge in [0.1, 0.15) is 5.78 Å². The molecule has 4 aliphatic rings. The van der Waals surface area contributed by atoms with Crippen LogP contribution in [0.25, 0.3) is 0 Å². The summed E-state index contributed by atoms with van der Waals surface area (Å²) in [6.45, 7) is 6.57. The molecule has 0 aliphatic heterocycles. The molecule has 0 amide bonds. The fourth-order valence-electron chi connectivity index (χ4n) is 8.39. The summed E-state index contributed by atoms with van der Waals surface area (Å²) in [5.41, 5.74) is -0.293. The number of aliphatic carboxylic acids is 1. The number of hydrogen-bond acceptors (Lipinski definition) is 5. The second kappa shape index (κ2) is 8.78. The number of carboxylic acids is 1.